The molecule has 7 radical (unpaired) electrons. The molecule has 0 saturated heterocycles. The molecule has 0 heterocycles. The van der Waals surface area contributed by atoms with Gasteiger partial charge in [-0.1, -0.05) is 20.3 Å². The quantitative estimate of drug-likeness (QED) is 0.585. The molecule has 45 valence electrons. The monoisotopic (exact) mass is 147 g/mol. The summed E-state index contributed by atoms with van der Waals surface area (Å²) in [5.41, 5.74) is 0. The molecule has 0 fully saturated rings. The van der Waals surface area contributed by atoms with Crippen molar-refractivity contribution >= 4 is 29.7 Å². The number of aliphatic hydroxyl groups is 1. The minimum Gasteiger partial charge on any atom is -0.396 e. The van der Waals surface area contributed by atoms with Gasteiger partial charge in [-0.25, -0.2) is 0 Å². The second kappa shape index (κ2) is 10.9. The van der Waals surface area contributed by atoms with Gasteiger partial charge in [-0.05, 0) is 5.92 Å². The van der Waals surface area contributed by atoms with Crippen LogP contribution in [0.25, 0.3) is 0 Å². The lowest BCUT2D eigenvalue weighted by molar-refractivity contribution is 0.234. The summed E-state index contributed by atoms with van der Waals surface area (Å²) < 4.78 is 0. The highest BCUT2D eigenvalue weighted by Crippen LogP contribution is 1.95. The molecule has 1 N–H and O–H groups in total. The van der Waals surface area contributed by atoms with Gasteiger partial charge in [0, 0.05) is 6.61 Å². The third kappa shape index (κ3) is 10.1. The average Bonchev–Trinajstić information content (AvgIpc) is 1.91. The van der Waals surface area contributed by atoms with Crippen molar-refractivity contribution in [2.75, 3.05) is 6.61 Å². The van der Waals surface area contributed by atoms with Crippen molar-refractivity contribution in [1.82, 2.24) is 0 Å². The first kappa shape index (κ1) is 11.8. The Labute approximate surface area is 67.6 Å². The smallest absolute Gasteiger partial charge is 0.396 e. The van der Waals surface area contributed by atoms with Crippen LogP contribution in [0.15, 0.2) is 0 Å². The number of hydrogen-bond acceptors (Lipinski definition) is 1. The fourth-order valence-electron chi connectivity index (χ4n) is 0.129. The average molecular weight is 148 g/mol. The van der Waals surface area contributed by atoms with E-state index in [-0.39, 0.29) is 0 Å². The second-order valence-corrected chi connectivity index (χ2v) is 1.70. The van der Waals surface area contributed by atoms with Crippen LogP contribution in [0.2, 0.25) is 0 Å². The van der Waals surface area contributed by atoms with Crippen LogP contribution >= 0.6 is 9.07 Å². The van der Waals surface area contributed by atoms with Gasteiger partial charge in [0.05, 0.1) is 0 Å². The Bertz CT molecular complexity index is 31.6. The molecule has 8 heavy (non-hydrogen) atoms. The van der Waals surface area contributed by atoms with Crippen LogP contribution in [0.3, 0.4) is 0 Å². The topological polar surface area (TPSA) is 20.2 Å². The number of halogens is 1. The highest BCUT2D eigenvalue weighted by atomic mass is 35.5. The summed E-state index contributed by atoms with van der Waals surface area (Å²) in [5.74, 6) is 0.491. The standard InChI is InChI=1S/C5H12O.ClH.Mg/c1-3-5(2)4-6;;/h5-6H,3-4H2,1-2H3;1H;/q;;+3/p-1. The van der Waals surface area contributed by atoms with Crippen LogP contribution in [0.5, 0.6) is 0 Å². The van der Waals surface area contributed by atoms with Gasteiger partial charge >= 0.3 is 29.7 Å². The summed E-state index contributed by atoms with van der Waals surface area (Å²) in [6, 6.07) is 0. The molecule has 3 heteroatoms. The Morgan fingerprint density at radius 2 is 2.00 bits per heavy atom. The van der Waals surface area contributed by atoms with Crippen LogP contribution < -0.4 is 0 Å². The molecule has 0 amide bonds. The molecule has 0 aliphatic heterocycles. The van der Waals surface area contributed by atoms with Gasteiger partial charge in [-0.2, -0.15) is 0 Å². The third-order valence-electron chi connectivity index (χ3n) is 1.01. The molecule has 0 aromatic rings. The Kier molecular flexibility index (Phi) is 16.0. The van der Waals surface area contributed by atoms with E-state index in [0.29, 0.717) is 12.5 Å². The maximum atomic E-state index is 8.33. The lowest BCUT2D eigenvalue weighted by Crippen LogP contribution is -1.96. The van der Waals surface area contributed by atoms with E-state index in [4.69, 9.17) is 5.11 Å². The number of aliphatic hydroxyl groups excluding tert-OH is 1. The molecule has 1 nitrogen and oxygen atoms in total. The first-order chi connectivity index (χ1) is 3.81. The van der Waals surface area contributed by atoms with Crippen molar-refractivity contribution in [2.45, 2.75) is 20.3 Å². The predicted octanol–water partition coefficient (Wildman–Crippen LogP) is 1.33. The normalized spacial score (nSPS) is 11.6. The molecule has 0 aliphatic rings. The molecule has 0 aromatic carbocycles. The second-order valence-electron chi connectivity index (χ2n) is 1.70. The molecule has 0 rings (SSSR count). The van der Waals surface area contributed by atoms with Crippen LogP contribution in [0, 0.1) is 5.92 Å². The van der Waals surface area contributed by atoms with E-state index in [1.165, 1.54) is 20.6 Å². The van der Waals surface area contributed by atoms with E-state index in [0.717, 1.165) is 6.42 Å². The van der Waals surface area contributed by atoms with E-state index in [1.807, 2.05) is 6.92 Å². The Morgan fingerprint density at radius 1 is 1.62 bits per heavy atom. The van der Waals surface area contributed by atoms with Crippen molar-refractivity contribution in [1.29, 1.82) is 0 Å². The Morgan fingerprint density at radius 3 is 2.00 bits per heavy atom. The highest BCUT2D eigenvalue weighted by Gasteiger charge is 2.16. The molecule has 0 aromatic heterocycles. The minimum absolute atomic E-state index is 0.330. The summed E-state index contributed by atoms with van der Waals surface area (Å²) >= 11 is 1.33. The highest BCUT2D eigenvalue weighted by molar-refractivity contribution is 6.80. The Hall–Kier alpha value is 1.02. The van der Waals surface area contributed by atoms with Crippen molar-refractivity contribution in [3.63, 3.8) is 0 Å². The van der Waals surface area contributed by atoms with Crippen LogP contribution in [-0.2, 0) is 0 Å². The largest absolute Gasteiger partial charge is 1.59 e. The molecular formula is C5H12ClMgO+2. The van der Waals surface area contributed by atoms with E-state index < -0.39 is 0 Å². The molecule has 0 spiro atoms. The number of rotatable bonds is 2. The van der Waals surface area contributed by atoms with Crippen LogP contribution in [0.4, 0.5) is 0 Å². The Balaban J connectivity index is 0. The molecular weight excluding hydrogens is 136 g/mol. The third-order valence-corrected chi connectivity index (χ3v) is 1.01. The van der Waals surface area contributed by atoms with Crippen LogP contribution in [0.1, 0.15) is 20.3 Å². The summed E-state index contributed by atoms with van der Waals surface area (Å²) in [7, 11) is 4.67. The lowest BCUT2D eigenvalue weighted by Gasteiger charge is -1.98. The molecule has 0 saturated carbocycles. The first-order valence-electron chi connectivity index (χ1n) is 2.68. The lowest BCUT2D eigenvalue weighted by atomic mass is 10.1. The summed E-state index contributed by atoms with van der Waals surface area (Å²) in [4.78, 5) is 0. The molecule has 0 bridgehead atoms. The minimum atomic E-state index is 0.330. The van der Waals surface area contributed by atoms with Crippen molar-refractivity contribution < 1.29 is 5.11 Å². The van der Waals surface area contributed by atoms with Crippen LogP contribution in [-0.4, -0.2) is 32.3 Å². The fourth-order valence-corrected chi connectivity index (χ4v) is 0.129. The van der Waals surface area contributed by atoms with E-state index in [1.54, 1.807) is 0 Å². The predicted molar refractivity (Wildman–Crippen MR) is 38.1 cm³/mol. The maximum Gasteiger partial charge on any atom is 1.59 e. The van der Waals surface area contributed by atoms with Gasteiger partial charge in [0.25, 0.3) is 0 Å². The fraction of sp³-hybridized carbons (Fsp3) is 1.00. The van der Waals surface area contributed by atoms with E-state index in [9.17, 15) is 0 Å². The number of hydrogen-bond donors (Lipinski definition) is 1. The maximum absolute atomic E-state index is 8.33. The van der Waals surface area contributed by atoms with Gasteiger partial charge < -0.3 is 5.11 Å². The van der Waals surface area contributed by atoms with E-state index >= 15 is 0 Å². The van der Waals surface area contributed by atoms with Gasteiger partial charge in [0.15, 0.2) is 0 Å². The van der Waals surface area contributed by atoms with Crippen molar-refractivity contribution in [3.8, 4) is 0 Å². The summed E-state index contributed by atoms with van der Waals surface area (Å²) in [5, 5.41) is 8.33. The van der Waals surface area contributed by atoms with E-state index in [2.05, 4.69) is 16.0 Å². The van der Waals surface area contributed by atoms with Gasteiger partial charge in [0.2, 0.25) is 0 Å². The van der Waals surface area contributed by atoms with Crippen molar-refractivity contribution in [2.24, 2.45) is 5.92 Å². The van der Waals surface area contributed by atoms with Gasteiger partial charge in [-0.15, -0.1) is 0 Å². The molecule has 1 unspecified atom stereocenters. The van der Waals surface area contributed by atoms with Gasteiger partial charge in [-0.3, -0.25) is 0 Å². The zero-order chi connectivity index (χ0) is 6.99. The molecule has 0 aliphatic carbocycles. The zero-order valence-corrected chi connectivity index (χ0v) is 7.69. The van der Waals surface area contributed by atoms with Gasteiger partial charge in [0.1, 0.15) is 0 Å². The zero-order valence-electron chi connectivity index (χ0n) is 5.52. The molecule has 1 atom stereocenters. The first-order valence-corrected chi connectivity index (χ1v) is 4.82. The summed E-state index contributed by atoms with van der Waals surface area (Å²) in [6.45, 7) is 4.43. The van der Waals surface area contributed by atoms with Crippen molar-refractivity contribution in [3.05, 3.63) is 0 Å². The summed E-state index contributed by atoms with van der Waals surface area (Å²) in [6.07, 6.45) is 1.08. The SMILES string of the molecule is CCC(C)CO.[Mg+2][Cl].